The van der Waals surface area contributed by atoms with Crippen LogP contribution in [0.4, 0.5) is 4.39 Å². The number of nitrogens with two attached hydrogens (primary N) is 1. The Morgan fingerprint density at radius 2 is 1.95 bits per heavy atom. The van der Waals surface area contributed by atoms with Gasteiger partial charge in [-0.05, 0) is 55.7 Å². The van der Waals surface area contributed by atoms with E-state index in [2.05, 4.69) is 0 Å². The molecule has 0 radical (unpaired) electrons. The van der Waals surface area contributed by atoms with Crippen molar-refractivity contribution in [2.45, 2.75) is 37.1 Å². The molecule has 1 saturated carbocycles. The summed E-state index contributed by atoms with van der Waals surface area (Å²) in [5.74, 6) is 0.0102. The minimum Gasteiger partial charge on any atom is -0.328 e. The quantitative estimate of drug-likeness (QED) is 0.907. The first-order valence-electron chi connectivity index (χ1n) is 7.40. The van der Waals surface area contributed by atoms with Crippen molar-refractivity contribution in [1.29, 1.82) is 0 Å². The van der Waals surface area contributed by atoms with Crippen molar-refractivity contribution in [2.75, 3.05) is 13.1 Å². The van der Waals surface area contributed by atoms with Gasteiger partial charge in [-0.2, -0.15) is 4.31 Å². The molecule has 2 N–H and O–H groups in total. The largest absolute Gasteiger partial charge is 0.328 e. The van der Waals surface area contributed by atoms with Gasteiger partial charge in [-0.1, -0.05) is 6.07 Å². The number of aryl methyl sites for hydroxylation is 1. The van der Waals surface area contributed by atoms with Gasteiger partial charge in [0.05, 0.1) is 0 Å². The third kappa shape index (κ3) is 2.72. The average Bonchev–Trinajstić information content (AvgIpc) is 2.85. The summed E-state index contributed by atoms with van der Waals surface area (Å²) in [4.78, 5) is -0.203. The van der Waals surface area contributed by atoms with Gasteiger partial charge in [0.15, 0.2) is 0 Å². The first kappa shape index (κ1) is 14.9. The summed E-state index contributed by atoms with van der Waals surface area (Å²) in [6.45, 7) is 2.72. The van der Waals surface area contributed by atoms with Crippen LogP contribution in [0.25, 0.3) is 0 Å². The summed E-state index contributed by atoms with van der Waals surface area (Å²) in [6.07, 6.45) is 2.79. The van der Waals surface area contributed by atoms with Crippen LogP contribution in [0, 0.1) is 24.6 Å². The van der Waals surface area contributed by atoms with E-state index in [4.69, 9.17) is 5.73 Å². The molecule has 2 fully saturated rings. The van der Waals surface area contributed by atoms with E-state index < -0.39 is 15.8 Å². The summed E-state index contributed by atoms with van der Waals surface area (Å²) in [7, 11) is -3.75. The van der Waals surface area contributed by atoms with Crippen LogP contribution in [-0.4, -0.2) is 31.9 Å². The molecule has 2 aliphatic rings. The van der Waals surface area contributed by atoms with Crippen molar-refractivity contribution in [3.05, 3.63) is 29.6 Å². The second-order valence-corrected chi connectivity index (χ2v) is 8.26. The fourth-order valence-corrected chi connectivity index (χ4v) is 5.27. The Balaban J connectivity index is 1.88. The molecule has 0 bridgehead atoms. The highest BCUT2D eigenvalue weighted by Gasteiger charge is 2.42. The van der Waals surface area contributed by atoms with Gasteiger partial charge in [-0.3, -0.25) is 0 Å². The third-order valence-electron chi connectivity index (χ3n) is 4.76. The van der Waals surface area contributed by atoms with Crippen molar-refractivity contribution in [1.82, 2.24) is 4.31 Å². The average molecular weight is 312 g/mol. The van der Waals surface area contributed by atoms with Crippen LogP contribution < -0.4 is 5.73 Å². The first-order valence-corrected chi connectivity index (χ1v) is 8.84. The van der Waals surface area contributed by atoms with Gasteiger partial charge in [0, 0.05) is 19.1 Å². The number of hydrogen-bond acceptors (Lipinski definition) is 3. The maximum Gasteiger partial charge on any atom is 0.246 e. The van der Waals surface area contributed by atoms with E-state index in [0.29, 0.717) is 24.9 Å². The highest BCUT2D eigenvalue weighted by atomic mass is 32.2. The molecule has 21 heavy (non-hydrogen) atoms. The van der Waals surface area contributed by atoms with Crippen molar-refractivity contribution >= 4 is 10.0 Å². The van der Waals surface area contributed by atoms with Crippen molar-refractivity contribution in [3.8, 4) is 0 Å². The Bertz CT molecular complexity index is 647. The van der Waals surface area contributed by atoms with Gasteiger partial charge < -0.3 is 5.73 Å². The lowest BCUT2D eigenvalue weighted by atomic mass is 9.79. The molecule has 1 unspecified atom stereocenters. The zero-order valence-corrected chi connectivity index (χ0v) is 12.9. The topological polar surface area (TPSA) is 63.4 Å². The zero-order chi connectivity index (χ0) is 15.2. The molecule has 3 atom stereocenters. The molecule has 1 aliphatic carbocycles. The second kappa shape index (κ2) is 5.34. The van der Waals surface area contributed by atoms with Gasteiger partial charge in [-0.15, -0.1) is 0 Å². The number of benzene rings is 1. The van der Waals surface area contributed by atoms with Crippen molar-refractivity contribution in [2.24, 2.45) is 17.6 Å². The number of rotatable bonds is 2. The van der Waals surface area contributed by atoms with Gasteiger partial charge in [-0.25, -0.2) is 12.8 Å². The third-order valence-corrected chi connectivity index (χ3v) is 6.61. The smallest absolute Gasteiger partial charge is 0.246 e. The highest BCUT2D eigenvalue weighted by Crippen LogP contribution is 2.38. The van der Waals surface area contributed by atoms with Crippen LogP contribution in [0.3, 0.4) is 0 Å². The molecule has 3 rings (SSSR count). The normalized spacial score (nSPS) is 30.3. The highest BCUT2D eigenvalue weighted by molar-refractivity contribution is 7.89. The predicted molar refractivity (Wildman–Crippen MR) is 78.7 cm³/mol. The molecule has 6 heteroatoms. The monoisotopic (exact) mass is 312 g/mol. The number of hydrogen-bond donors (Lipinski definition) is 1. The lowest BCUT2D eigenvalue weighted by Crippen LogP contribution is -2.32. The zero-order valence-electron chi connectivity index (χ0n) is 12.1. The molecular weight excluding hydrogens is 291 g/mol. The van der Waals surface area contributed by atoms with E-state index in [9.17, 15) is 12.8 Å². The second-order valence-electron chi connectivity index (χ2n) is 6.35. The SMILES string of the molecule is Cc1ccc(F)c(S(=O)(=O)N2C[C@H]3CCC(N)C[C@H]3C2)c1. The van der Waals surface area contributed by atoms with Gasteiger partial charge in [0.2, 0.25) is 10.0 Å². The molecule has 0 amide bonds. The van der Waals surface area contributed by atoms with E-state index in [1.54, 1.807) is 13.0 Å². The summed E-state index contributed by atoms with van der Waals surface area (Å²) in [5.41, 5.74) is 6.72. The number of halogens is 1. The van der Waals surface area contributed by atoms with E-state index >= 15 is 0 Å². The number of sulfonamides is 1. The number of fused-ring (bicyclic) bond motifs is 1. The molecular formula is C15H21FN2O2S. The predicted octanol–water partition coefficient (Wildman–Crippen LogP) is 1.88. The first-order chi connectivity index (χ1) is 9.88. The Labute approximate surface area is 125 Å². The van der Waals surface area contributed by atoms with Crippen LogP contribution in [0.2, 0.25) is 0 Å². The Kier molecular flexibility index (Phi) is 3.80. The maximum atomic E-state index is 13.9. The van der Waals surface area contributed by atoms with Crippen molar-refractivity contribution in [3.63, 3.8) is 0 Å². The molecule has 0 aromatic heterocycles. The fraction of sp³-hybridized carbons (Fsp3) is 0.600. The van der Waals surface area contributed by atoms with Crippen LogP contribution in [-0.2, 0) is 10.0 Å². The molecule has 1 aliphatic heterocycles. The van der Waals surface area contributed by atoms with Crippen LogP contribution in [0.15, 0.2) is 23.1 Å². The van der Waals surface area contributed by atoms with Crippen molar-refractivity contribution < 1.29 is 12.8 Å². The lowest BCUT2D eigenvalue weighted by Gasteiger charge is -2.28. The van der Waals surface area contributed by atoms with Crippen LogP contribution in [0.1, 0.15) is 24.8 Å². The molecule has 0 spiro atoms. The Hall–Kier alpha value is -0.980. The van der Waals surface area contributed by atoms with E-state index in [-0.39, 0.29) is 10.9 Å². The van der Waals surface area contributed by atoms with Crippen LogP contribution >= 0.6 is 0 Å². The fourth-order valence-electron chi connectivity index (χ4n) is 3.57. The molecule has 1 aromatic rings. The minimum absolute atomic E-state index is 0.171. The Morgan fingerprint density at radius 1 is 1.24 bits per heavy atom. The number of nitrogens with zero attached hydrogens (tertiary/aromatic N) is 1. The van der Waals surface area contributed by atoms with Crippen LogP contribution in [0.5, 0.6) is 0 Å². The van der Waals surface area contributed by atoms with Gasteiger partial charge >= 0.3 is 0 Å². The van der Waals surface area contributed by atoms with E-state index in [0.717, 1.165) is 24.8 Å². The maximum absolute atomic E-state index is 13.9. The van der Waals surface area contributed by atoms with Gasteiger partial charge in [0.1, 0.15) is 10.7 Å². The summed E-state index contributed by atoms with van der Waals surface area (Å²) in [5, 5.41) is 0. The van der Waals surface area contributed by atoms with E-state index in [1.807, 2.05) is 0 Å². The molecule has 1 saturated heterocycles. The molecule has 1 heterocycles. The Morgan fingerprint density at radius 3 is 2.71 bits per heavy atom. The lowest BCUT2D eigenvalue weighted by molar-refractivity contribution is 0.271. The summed E-state index contributed by atoms with van der Waals surface area (Å²) in [6, 6.07) is 4.39. The standard InChI is InChI=1S/C15H21FN2O2S/c1-10-2-5-14(16)15(6-10)21(19,20)18-8-11-3-4-13(17)7-12(11)9-18/h2,5-6,11-13H,3-4,7-9,17H2,1H3/t11-,12+,13?/m1/s1. The summed E-state index contributed by atoms with van der Waals surface area (Å²) < 4.78 is 40.7. The summed E-state index contributed by atoms with van der Waals surface area (Å²) >= 11 is 0. The molecule has 4 nitrogen and oxygen atoms in total. The molecule has 116 valence electrons. The molecule has 1 aromatic carbocycles. The van der Waals surface area contributed by atoms with E-state index in [1.165, 1.54) is 16.4 Å². The minimum atomic E-state index is -3.75. The van der Waals surface area contributed by atoms with Gasteiger partial charge in [0.25, 0.3) is 0 Å².